The van der Waals surface area contributed by atoms with Crippen molar-refractivity contribution < 1.29 is 19.2 Å². The summed E-state index contributed by atoms with van der Waals surface area (Å²) in [6, 6.07) is 17.0. The third-order valence-electron chi connectivity index (χ3n) is 6.24. The van der Waals surface area contributed by atoms with Gasteiger partial charge in [-0.25, -0.2) is 0 Å². The van der Waals surface area contributed by atoms with E-state index in [0.717, 1.165) is 49.7 Å². The van der Waals surface area contributed by atoms with Gasteiger partial charge in [-0.15, -0.1) is 0 Å². The number of nitrogens with zero attached hydrogens (tertiary/aromatic N) is 2. The Morgan fingerprint density at radius 1 is 0.441 bits per heavy atom. The molecule has 0 radical (unpaired) electrons. The molecule has 0 fully saturated rings. The third-order valence-corrected chi connectivity index (χ3v) is 6.24. The topological polar surface area (TPSA) is 74.8 Å². The molecule has 6 nitrogen and oxygen atoms in total. The van der Waals surface area contributed by atoms with Gasteiger partial charge in [0.05, 0.1) is 0 Å². The van der Waals surface area contributed by atoms with Crippen molar-refractivity contribution in [1.82, 2.24) is 9.80 Å². The molecule has 0 aromatic heterocycles. The van der Waals surface area contributed by atoms with Gasteiger partial charge in [-0.05, 0) is 60.8 Å². The number of unbranched alkanes of at least 4 members (excludes halogenated alkanes) is 2. The monoisotopic (exact) mass is 456 g/mol. The lowest BCUT2D eigenvalue weighted by Gasteiger charge is -2.13. The average molecular weight is 457 g/mol. The molecule has 0 unspecified atom stereocenters. The summed E-state index contributed by atoms with van der Waals surface area (Å²) in [7, 11) is 0. The molecule has 0 bridgehead atoms. The number of hydrogen-bond acceptors (Lipinski definition) is 4. The molecule has 2 aromatic rings. The van der Waals surface area contributed by atoms with Gasteiger partial charge in [-0.1, -0.05) is 48.5 Å². The van der Waals surface area contributed by atoms with Crippen LogP contribution in [-0.4, -0.2) is 46.5 Å². The minimum Gasteiger partial charge on any atom is -0.275 e. The summed E-state index contributed by atoms with van der Waals surface area (Å²) in [5.41, 5.74) is 4.80. The maximum atomic E-state index is 11.6. The van der Waals surface area contributed by atoms with E-state index in [4.69, 9.17) is 0 Å². The zero-order valence-corrected chi connectivity index (χ0v) is 19.1. The number of rotatable bonds is 11. The van der Waals surface area contributed by atoms with E-state index in [1.165, 1.54) is 45.2 Å². The van der Waals surface area contributed by atoms with Gasteiger partial charge in [-0.3, -0.25) is 29.0 Å². The summed E-state index contributed by atoms with van der Waals surface area (Å²) in [6.07, 6.45) is 10.6. The van der Waals surface area contributed by atoms with Crippen LogP contribution in [-0.2, 0) is 32.0 Å². The molecule has 0 saturated heterocycles. The molecule has 2 aliphatic heterocycles. The number of benzene rings is 2. The lowest BCUT2D eigenvalue weighted by atomic mass is 9.99. The SMILES string of the molecule is O=C1C=CC(=O)N1CCCCc1ccc(-c2ccc(CCCCN3C(=O)C=CC3=O)cc2)cc1. The van der Waals surface area contributed by atoms with Crippen LogP contribution in [0.25, 0.3) is 11.1 Å². The fourth-order valence-corrected chi connectivity index (χ4v) is 4.23. The van der Waals surface area contributed by atoms with Crippen molar-refractivity contribution in [3.8, 4) is 11.1 Å². The van der Waals surface area contributed by atoms with Crippen molar-refractivity contribution in [3.05, 3.63) is 84.0 Å². The van der Waals surface area contributed by atoms with Crippen LogP contribution in [0.5, 0.6) is 0 Å². The van der Waals surface area contributed by atoms with Crippen molar-refractivity contribution >= 4 is 23.6 Å². The molecular weight excluding hydrogens is 428 g/mol. The van der Waals surface area contributed by atoms with Crippen molar-refractivity contribution in [2.24, 2.45) is 0 Å². The Morgan fingerprint density at radius 3 is 1.09 bits per heavy atom. The highest BCUT2D eigenvalue weighted by Crippen LogP contribution is 2.22. The summed E-state index contributed by atoms with van der Waals surface area (Å²) in [5.74, 6) is -0.859. The number of carbonyl (C=O) groups is 4. The minimum absolute atomic E-state index is 0.215. The summed E-state index contributed by atoms with van der Waals surface area (Å²) in [6.45, 7) is 0.946. The number of carbonyl (C=O) groups excluding carboxylic acids is 4. The predicted molar refractivity (Wildman–Crippen MR) is 129 cm³/mol. The van der Waals surface area contributed by atoms with Gasteiger partial charge in [0.25, 0.3) is 23.6 Å². The summed E-state index contributed by atoms with van der Waals surface area (Å²) in [5, 5.41) is 0. The van der Waals surface area contributed by atoms with Crippen LogP contribution >= 0.6 is 0 Å². The Morgan fingerprint density at radius 2 is 0.765 bits per heavy atom. The van der Waals surface area contributed by atoms with E-state index in [1.54, 1.807) is 0 Å². The van der Waals surface area contributed by atoms with E-state index < -0.39 is 0 Å². The second-order valence-electron chi connectivity index (χ2n) is 8.63. The van der Waals surface area contributed by atoms with Crippen LogP contribution in [0, 0.1) is 0 Å². The van der Waals surface area contributed by atoms with Crippen LogP contribution in [0.4, 0.5) is 0 Å². The molecular formula is C28H28N2O4. The first-order chi connectivity index (χ1) is 16.5. The number of aryl methyl sites for hydroxylation is 2. The lowest BCUT2D eigenvalue weighted by Crippen LogP contribution is -2.30. The lowest BCUT2D eigenvalue weighted by molar-refractivity contribution is -0.138. The van der Waals surface area contributed by atoms with E-state index in [1.807, 2.05) is 0 Å². The quantitative estimate of drug-likeness (QED) is 0.380. The average Bonchev–Trinajstić information content (AvgIpc) is 3.35. The smallest absolute Gasteiger partial charge is 0.253 e. The Balaban J connectivity index is 1.18. The van der Waals surface area contributed by atoms with Crippen molar-refractivity contribution in [2.45, 2.75) is 38.5 Å². The van der Waals surface area contributed by atoms with Crippen LogP contribution in [0.2, 0.25) is 0 Å². The highest BCUT2D eigenvalue weighted by Gasteiger charge is 2.23. The normalized spacial score (nSPS) is 15.3. The van der Waals surface area contributed by atoms with Crippen LogP contribution in [0.1, 0.15) is 36.8 Å². The first-order valence-electron chi connectivity index (χ1n) is 11.8. The molecule has 0 atom stereocenters. The molecule has 4 rings (SSSR count). The zero-order chi connectivity index (χ0) is 23.9. The van der Waals surface area contributed by atoms with Crippen LogP contribution in [0.15, 0.2) is 72.8 Å². The van der Waals surface area contributed by atoms with Gasteiger partial charge in [0.1, 0.15) is 0 Å². The molecule has 2 heterocycles. The standard InChI is InChI=1S/C28H28N2O4/c31-25-15-16-26(32)29(25)19-3-1-5-21-7-11-23(12-8-21)24-13-9-22(10-14-24)6-2-4-20-30-27(33)17-18-28(30)34/h7-18H,1-6,19-20H2. The molecule has 0 aliphatic carbocycles. The fourth-order valence-electron chi connectivity index (χ4n) is 4.23. The largest absolute Gasteiger partial charge is 0.275 e. The fraction of sp³-hybridized carbons (Fsp3) is 0.286. The van der Waals surface area contributed by atoms with Crippen LogP contribution < -0.4 is 0 Å². The molecule has 2 aromatic carbocycles. The molecule has 0 N–H and O–H groups in total. The van der Waals surface area contributed by atoms with Crippen molar-refractivity contribution in [1.29, 1.82) is 0 Å². The third kappa shape index (κ3) is 5.76. The van der Waals surface area contributed by atoms with E-state index in [2.05, 4.69) is 48.5 Å². The van der Waals surface area contributed by atoms with E-state index in [9.17, 15) is 19.2 Å². The summed E-state index contributed by atoms with van der Waals surface area (Å²) >= 11 is 0. The van der Waals surface area contributed by atoms with E-state index in [-0.39, 0.29) is 23.6 Å². The van der Waals surface area contributed by atoms with Gasteiger partial charge in [-0.2, -0.15) is 0 Å². The summed E-state index contributed by atoms with van der Waals surface area (Å²) < 4.78 is 0. The molecule has 34 heavy (non-hydrogen) atoms. The molecule has 174 valence electrons. The summed E-state index contributed by atoms with van der Waals surface area (Å²) in [4.78, 5) is 48.9. The van der Waals surface area contributed by atoms with Crippen molar-refractivity contribution in [2.75, 3.05) is 13.1 Å². The Hall–Kier alpha value is -3.80. The highest BCUT2D eigenvalue weighted by molar-refractivity contribution is 6.13. The van der Waals surface area contributed by atoms with Gasteiger partial charge in [0.2, 0.25) is 0 Å². The molecule has 4 amide bonds. The molecule has 0 saturated carbocycles. The van der Waals surface area contributed by atoms with E-state index in [0.29, 0.717) is 13.1 Å². The first kappa shape index (κ1) is 23.4. The second-order valence-corrected chi connectivity index (χ2v) is 8.63. The second kappa shape index (κ2) is 10.9. The zero-order valence-electron chi connectivity index (χ0n) is 19.1. The molecule has 2 aliphatic rings. The Bertz CT molecular complexity index is 1000. The minimum atomic E-state index is -0.215. The Labute approximate surface area is 199 Å². The number of hydrogen-bond donors (Lipinski definition) is 0. The number of amides is 4. The number of imide groups is 2. The van der Waals surface area contributed by atoms with Gasteiger partial charge < -0.3 is 0 Å². The molecule has 6 heteroatoms. The van der Waals surface area contributed by atoms with Crippen molar-refractivity contribution in [3.63, 3.8) is 0 Å². The van der Waals surface area contributed by atoms with Crippen LogP contribution in [0.3, 0.4) is 0 Å². The highest BCUT2D eigenvalue weighted by atomic mass is 16.2. The maximum absolute atomic E-state index is 11.6. The van der Waals surface area contributed by atoms with Gasteiger partial charge in [0, 0.05) is 37.4 Å². The Kier molecular flexibility index (Phi) is 7.48. The van der Waals surface area contributed by atoms with E-state index >= 15 is 0 Å². The first-order valence-corrected chi connectivity index (χ1v) is 11.8. The maximum Gasteiger partial charge on any atom is 0.253 e. The van der Waals surface area contributed by atoms with Gasteiger partial charge >= 0.3 is 0 Å². The predicted octanol–water partition coefficient (Wildman–Crippen LogP) is 3.85. The van der Waals surface area contributed by atoms with Gasteiger partial charge in [0.15, 0.2) is 0 Å². The molecule has 0 spiro atoms.